The second-order valence-corrected chi connectivity index (χ2v) is 6.57. The van der Waals surface area contributed by atoms with E-state index in [0.29, 0.717) is 0 Å². The Hall–Kier alpha value is -3.55. The van der Waals surface area contributed by atoms with Crippen molar-refractivity contribution in [3.8, 4) is 0 Å². The molecule has 2 saturated heterocycles. The molecular weight excluding hydrogens is 363 g/mol. The smallest absolute Gasteiger partial charge is 0.336 e. The summed E-state index contributed by atoms with van der Waals surface area (Å²) in [5, 5.41) is 2.10. The summed E-state index contributed by atoms with van der Waals surface area (Å²) in [5.74, 6) is -2.23. The average Bonchev–Trinajstić information content (AvgIpc) is 3.21. The highest BCUT2D eigenvalue weighted by Gasteiger charge is 2.37. The molecule has 1 aromatic carbocycles. The van der Waals surface area contributed by atoms with Crippen molar-refractivity contribution in [3.63, 3.8) is 0 Å². The number of carbonyl (C=O) groups excluding carboxylic acids is 3. The maximum Gasteiger partial charge on any atom is 0.336 e. The molecule has 7 nitrogen and oxygen atoms in total. The van der Waals surface area contributed by atoms with Gasteiger partial charge < -0.3 is 4.90 Å². The number of nitrogens with zero attached hydrogens (tertiary/aromatic N) is 3. The van der Waals surface area contributed by atoms with Crippen LogP contribution in [0.5, 0.6) is 0 Å². The summed E-state index contributed by atoms with van der Waals surface area (Å²) in [6.07, 6.45) is 6.13. The Morgan fingerprint density at radius 1 is 1.07 bits per heavy atom. The van der Waals surface area contributed by atoms with Crippen LogP contribution < -0.4 is 15.1 Å². The summed E-state index contributed by atoms with van der Waals surface area (Å²) in [6, 6.07) is 6.89. The van der Waals surface area contributed by atoms with E-state index in [2.05, 4.69) is 15.2 Å². The van der Waals surface area contributed by atoms with Gasteiger partial charge in [0.05, 0.1) is 11.9 Å². The number of hydrogen-bond acceptors (Lipinski definition) is 5. The molecule has 0 atom stereocenters. The van der Waals surface area contributed by atoms with Crippen LogP contribution in [0.1, 0.15) is 18.4 Å². The molecule has 2 aromatic rings. The first-order valence-corrected chi connectivity index (χ1v) is 8.90. The third kappa shape index (κ3) is 3.24. The van der Waals surface area contributed by atoms with Gasteiger partial charge in [-0.2, -0.15) is 0 Å². The molecule has 0 spiro atoms. The van der Waals surface area contributed by atoms with Gasteiger partial charge in [-0.1, -0.05) is 0 Å². The molecule has 2 fully saturated rings. The average molecular weight is 380 g/mol. The van der Waals surface area contributed by atoms with Crippen molar-refractivity contribution in [3.05, 3.63) is 59.7 Å². The Labute approximate surface area is 160 Å². The zero-order valence-electron chi connectivity index (χ0n) is 14.9. The minimum absolute atomic E-state index is 0.0990. The second-order valence-electron chi connectivity index (χ2n) is 6.57. The molecule has 4 amide bonds. The standard InChI is InChI=1S/C20H17FN4O3/c21-17-11-14(24-8-1-2-9-24)6-5-13(17)10-16-18(26)23-20(28)25(19(16)27)15-4-3-7-22-12-15/h3-7,10-12H,1-2,8-9H2,(H,23,26,28)/b16-10+. The lowest BCUT2D eigenvalue weighted by atomic mass is 10.1. The fourth-order valence-corrected chi connectivity index (χ4v) is 3.34. The van der Waals surface area contributed by atoms with Crippen LogP contribution in [-0.2, 0) is 9.59 Å². The third-order valence-corrected chi connectivity index (χ3v) is 4.76. The van der Waals surface area contributed by atoms with Gasteiger partial charge in [-0.15, -0.1) is 0 Å². The fraction of sp³-hybridized carbons (Fsp3) is 0.200. The fourth-order valence-electron chi connectivity index (χ4n) is 3.34. The van der Waals surface area contributed by atoms with E-state index < -0.39 is 23.7 Å². The lowest BCUT2D eigenvalue weighted by Crippen LogP contribution is -2.54. The van der Waals surface area contributed by atoms with Crippen molar-refractivity contribution >= 4 is 35.3 Å². The zero-order valence-corrected chi connectivity index (χ0v) is 14.9. The first-order valence-electron chi connectivity index (χ1n) is 8.90. The van der Waals surface area contributed by atoms with Gasteiger partial charge in [-0.25, -0.2) is 14.1 Å². The Kier molecular flexibility index (Phi) is 4.60. The SMILES string of the molecule is O=C1NC(=O)N(c2cccnc2)C(=O)/C1=C/c1ccc(N2CCCC2)cc1F. The molecule has 0 bridgehead atoms. The van der Waals surface area contributed by atoms with Crippen molar-refractivity contribution in [1.82, 2.24) is 10.3 Å². The molecule has 142 valence electrons. The molecule has 3 heterocycles. The lowest BCUT2D eigenvalue weighted by Gasteiger charge is -2.26. The molecule has 1 N–H and O–H groups in total. The first-order chi connectivity index (χ1) is 13.5. The van der Waals surface area contributed by atoms with Crippen LogP contribution in [0.2, 0.25) is 0 Å². The molecule has 0 unspecified atom stereocenters. The predicted molar refractivity (Wildman–Crippen MR) is 101 cm³/mol. The molecule has 4 rings (SSSR count). The highest BCUT2D eigenvalue weighted by molar-refractivity contribution is 6.39. The van der Waals surface area contributed by atoms with Gasteiger partial charge in [0, 0.05) is 30.5 Å². The number of pyridine rings is 1. The number of carbonyl (C=O) groups is 3. The molecular formula is C20H17FN4O3. The van der Waals surface area contributed by atoms with Crippen molar-refractivity contribution in [2.45, 2.75) is 12.8 Å². The summed E-state index contributed by atoms with van der Waals surface area (Å²) in [5.41, 5.74) is 0.759. The quantitative estimate of drug-likeness (QED) is 0.653. The summed E-state index contributed by atoms with van der Waals surface area (Å²) in [6.45, 7) is 1.76. The van der Waals surface area contributed by atoms with Gasteiger partial charge in [0.1, 0.15) is 11.4 Å². The first kappa shape index (κ1) is 17.8. The Morgan fingerprint density at radius 2 is 1.86 bits per heavy atom. The van der Waals surface area contributed by atoms with Crippen LogP contribution in [0, 0.1) is 5.82 Å². The van der Waals surface area contributed by atoms with Crippen LogP contribution in [-0.4, -0.2) is 35.9 Å². The van der Waals surface area contributed by atoms with Crippen LogP contribution in [0.25, 0.3) is 6.08 Å². The van der Waals surface area contributed by atoms with Gasteiger partial charge >= 0.3 is 6.03 Å². The maximum atomic E-state index is 14.6. The molecule has 2 aliphatic rings. The number of barbiturate groups is 1. The number of benzene rings is 1. The number of anilines is 2. The van der Waals surface area contributed by atoms with E-state index >= 15 is 0 Å². The number of imide groups is 2. The number of halogens is 1. The third-order valence-electron chi connectivity index (χ3n) is 4.76. The number of nitrogens with one attached hydrogen (secondary N) is 1. The van der Waals surface area contributed by atoms with Gasteiger partial charge in [-0.05, 0) is 49.2 Å². The highest BCUT2D eigenvalue weighted by atomic mass is 19.1. The van der Waals surface area contributed by atoms with Gasteiger partial charge in [-0.3, -0.25) is 19.9 Å². The van der Waals surface area contributed by atoms with Gasteiger partial charge in [0.2, 0.25) is 0 Å². The maximum absolute atomic E-state index is 14.6. The van der Waals surface area contributed by atoms with E-state index in [-0.39, 0.29) is 16.8 Å². The Bertz CT molecular complexity index is 984. The lowest BCUT2D eigenvalue weighted by molar-refractivity contribution is -0.122. The minimum atomic E-state index is -0.870. The summed E-state index contributed by atoms with van der Waals surface area (Å²) < 4.78 is 14.6. The molecule has 1 aromatic heterocycles. The largest absolute Gasteiger partial charge is 0.371 e. The predicted octanol–water partition coefficient (Wildman–Crippen LogP) is 2.49. The summed E-state index contributed by atoms with van der Waals surface area (Å²) in [4.78, 5) is 43.8. The Balaban J connectivity index is 1.67. The molecule has 0 saturated carbocycles. The number of hydrogen-bond donors (Lipinski definition) is 1. The molecule has 0 radical (unpaired) electrons. The van der Waals surface area contributed by atoms with Crippen LogP contribution in [0.15, 0.2) is 48.3 Å². The van der Waals surface area contributed by atoms with E-state index in [1.807, 2.05) is 0 Å². The number of rotatable bonds is 3. The number of aromatic nitrogens is 1. The normalized spacial score (nSPS) is 18.8. The van der Waals surface area contributed by atoms with Crippen LogP contribution >= 0.6 is 0 Å². The van der Waals surface area contributed by atoms with E-state index in [0.717, 1.165) is 42.6 Å². The van der Waals surface area contributed by atoms with E-state index in [1.54, 1.807) is 12.1 Å². The molecule has 0 aliphatic carbocycles. The second kappa shape index (κ2) is 7.22. The van der Waals surface area contributed by atoms with E-state index in [9.17, 15) is 18.8 Å². The monoisotopic (exact) mass is 380 g/mol. The molecule has 2 aliphatic heterocycles. The van der Waals surface area contributed by atoms with Crippen molar-refractivity contribution < 1.29 is 18.8 Å². The van der Waals surface area contributed by atoms with E-state index in [4.69, 9.17) is 0 Å². The van der Waals surface area contributed by atoms with Crippen LogP contribution in [0.4, 0.5) is 20.6 Å². The molecule has 8 heteroatoms. The zero-order chi connectivity index (χ0) is 19.7. The number of amides is 4. The minimum Gasteiger partial charge on any atom is -0.371 e. The summed E-state index contributed by atoms with van der Waals surface area (Å²) in [7, 11) is 0. The topological polar surface area (TPSA) is 82.6 Å². The Morgan fingerprint density at radius 3 is 2.54 bits per heavy atom. The van der Waals surface area contributed by atoms with Gasteiger partial charge in [0.25, 0.3) is 11.8 Å². The molecule has 28 heavy (non-hydrogen) atoms. The van der Waals surface area contributed by atoms with Gasteiger partial charge in [0.15, 0.2) is 0 Å². The highest BCUT2D eigenvalue weighted by Crippen LogP contribution is 2.25. The summed E-state index contributed by atoms with van der Waals surface area (Å²) >= 11 is 0. The van der Waals surface area contributed by atoms with Crippen molar-refractivity contribution in [2.75, 3.05) is 22.9 Å². The van der Waals surface area contributed by atoms with Crippen LogP contribution in [0.3, 0.4) is 0 Å². The van der Waals surface area contributed by atoms with Crippen molar-refractivity contribution in [1.29, 1.82) is 0 Å². The number of urea groups is 1. The van der Waals surface area contributed by atoms with Crippen molar-refractivity contribution in [2.24, 2.45) is 0 Å². The van der Waals surface area contributed by atoms with E-state index in [1.165, 1.54) is 30.6 Å².